The Bertz CT molecular complexity index is 1230. The third-order valence-corrected chi connectivity index (χ3v) is 6.11. The maximum Gasteiger partial charge on any atom is 0.322 e. The molecule has 204 valence electrons. The zero-order chi connectivity index (χ0) is 27.1. The molecule has 1 saturated heterocycles. The minimum absolute atomic E-state index is 0.0256. The smallest absolute Gasteiger partial charge is 0.322 e. The van der Waals surface area contributed by atoms with Crippen LogP contribution in [-0.4, -0.2) is 81.5 Å². The predicted octanol–water partition coefficient (Wildman–Crippen LogP) is 1.71. The number of rotatable bonds is 11. The first-order valence-electron chi connectivity index (χ1n) is 12.7. The van der Waals surface area contributed by atoms with E-state index in [1.54, 1.807) is 19.6 Å². The highest BCUT2D eigenvalue weighted by Gasteiger charge is 2.25. The molecule has 1 fully saturated rings. The summed E-state index contributed by atoms with van der Waals surface area (Å²) < 4.78 is 18.9. The highest BCUT2D eigenvalue weighted by atomic mass is 16.5. The lowest BCUT2D eigenvalue weighted by Gasteiger charge is -2.32. The zero-order valence-electron chi connectivity index (χ0n) is 22.3. The molecule has 38 heavy (non-hydrogen) atoms. The van der Waals surface area contributed by atoms with E-state index >= 15 is 0 Å². The summed E-state index contributed by atoms with van der Waals surface area (Å²) in [6.45, 7) is 6.42. The lowest BCUT2D eigenvalue weighted by molar-refractivity contribution is 0.0839. The minimum Gasteiger partial charge on any atom is -0.489 e. The molecule has 0 aromatic carbocycles. The first kappa shape index (κ1) is 27.0. The van der Waals surface area contributed by atoms with Crippen LogP contribution in [-0.2, 0) is 11.8 Å². The molecule has 0 spiro atoms. The van der Waals surface area contributed by atoms with Gasteiger partial charge in [0.25, 0.3) is 5.91 Å². The van der Waals surface area contributed by atoms with Crippen LogP contribution in [0.1, 0.15) is 37.3 Å². The number of nitrogens with two attached hydrogens (primary N) is 1. The molecule has 1 aliphatic heterocycles. The number of pyridine rings is 1. The number of methoxy groups -OCH3 is 1. The second-order valence-corrected chi connectivity index (χ2v) is 9.26. The molecule has 0 aliphatic carbocycles. The Morgan fingerprint density at radius 1 is 1.24 bits per heavy atom. The number of hydrogen-bond donors (Lipinski definition) is 2. The van der Waals surface area contributed by atoms with Crippen LogP contribution >= 0.6 is 0 Å². The van der Waals surface area contributed by atoms with E-state index in [9.17, 15) is 4.79 Å². The summed E-state index contributed by atoms with van der Waals surface area (Å²) >= 11 is 0. The summed E-state index contributed by atoms with van der Waals surface area (Å²) in [7, 11) is 3.51. The highest BCUT2D eigenvalue weighted by Crippen LogP contribution is 2.28. The lowest BCUT2D eigenvalue weighted by Crippen LogP contribution is -2.37. The Hall–Kier alpha value is -4.00. The Labute approximate surface area is 221 Å². The fourth-order valence-electron chi connectivity index (χ4n) is 4.11. The number of aromatic nitrogens is 6. The van der Waals surface area contributed by atoms with E-state index in [0.29, 0.717) is 56.3 Å². The van der Waals surface area contributed by atoms with E-state index in [1.165, 1.54) is 0 Å². The minimum atomic E-state index is -0.372. The van der Waals surface area contributed by atoms with E-state index < -0.39 is 0 Å². The van der Waals surface area contributed by atoms with Gasteiger partial charge in [-0.25, -0.2) is 9.97 Å². The van der Waals surface area contributed by atoms with Gasteiger partial charge in [-0.2, -0.15) is 15.0 Å². The molecule has 13 heteroatoms. The SMILES string of the molecule is CCNC(=O)c1nc(O[C@H](C)COC)nc(N2CCC(COc3cc(-c4cn(C)cn4)cnc3N)CC2)n1. The average molecular weight is 526 g/mol. The van der Waals surface area contributed by atoms with Crippen molar-refractivity contribution in [3.8, 4) is 23.0 Å². The van der Waals surface area contributed by atoms with Gasteiger partial charge in [-0.1, -0.05) is 0 Å². The van der Waals surface area contributed by atoms with Gasteiger partial charge < -0.3 is 34.7 Å². The Balaban J connectivity index is 1.39. The Morgan fingerprint density at radius 2 is 2.03 bits per heavy atom. The third kappa shape index (κ3) is 6.85. The number of anilines is 2. The number of hydrogen-bond acceptors (Lipinski definition) is 11. The highest BCUT2D eigenvalue weighted by molar-refractivity contribution is 5.90. The van der Waals surface area contributed by atoms with Crippen LogP contribution < -0.4 is 25.4 Å². The van der Waals surface area contributed by atoms with Crippen LogP contribution in [0, 0.1) is 5.92 Å². The lowest BCUT2D eigenvalue weighted by atomic mass is 9.98. The van der Waals surface area contributed by atoms with Gasteiger partial charge in [0.1, 0.15) is 6.10 Å². The molecule has 4 heterocycles. The van der Waals surface area contributed by atoms with E-state index in [4.69, 9.17) is 19.9 Å². The van der Waals surface area contributed by atoms with Gasteiger partial charge >= 0.3 is 6.01 Å². The van der Waals surface area contributed by atoms with Crippen LogP contribution in [0.25, 0.3) is 11.3 Å². The van der Waals surface area contributed by atoms with Gasteiger partial charge in [-0.3, -0.25) is 4.79 Å². The van der Waals surface area contributed by atoms with Gasteiger partial charge in [-0.15, -0.1) is 0 Å². The number of amides is 1. The molecular weight excluding hydrogens is 490 g/mol. The first-order chi connectivity index (χ1) is 18.4. The number of carbonyl (C=O) groups excluding carboxylic acids is 1. The summed E-state index contributed by atoms with van der Waals surface area (Å²) in [5.74, 6) is 1.27. The van der Waals surface area contributed by atoms with Gasteiger partial charge in [-0.05, 0) is 38.7 Å². The number of nitrogens with zero attached hydrogens (tertiary/aromatic N) is 7. The second-order valence-electron chi connectivity index (χ2n) is 9.26. The summed E-state index contributed by atoms with van der Waals surface area (Å²) in [6, 6.07) is 1.97. The fraction of sp³-hybridized carbons (Fsp3) is 0.520. The van der Waals surface area contributed by atoms with Crippen molar-refractivity contribution in [3.05, 3.63) is 30.6 Å². The standard InChI is InChI=1S/C25H35N9O4/c1-5-27-23(35)22-30-24(32-25(31-22)38-16(2)13-36-4)34-8-6-17(7-9-34)14-37-20-10-18(11-28-21(20)26)19-12-33(3)15-29-19/h10-12,15-17H,5-9,13-14H2,1-4H3,(H2,26,28)(H,27,35)/t16-/m1/s1. The molecule has 3 aromatic rings. The first-order valence-corrected chi connectivity index (χ1v) is 12.7. The van der Waals surface area contributed by atoms with Gasteiger partial charge in [0.2, 0.25) is 11.8 Å². The number of imidazole rings is 1. The van der Waals surface area contributed by atoms with Crippen molar-refractivity contribution in [2.24, 2.45) is 13.0 Å². The van der Waals surface area contributed by atoms with E-state index in [1.807, 2.05) is 42.6 Å². The van der Waals surface area contributed by atoms with Crippen LogP contribution in [0.15, 0.2) is 24.8 Å². The van der Waals surface area contributed by atoms with Gasteiger partial charge in [0.05, 0.1) is 25.2 Å². The number of aryl methyl sites for hydroxylation is 1. The number of nitrogens with one attached hydrogen (secondary N) is 1. The summed E-state index contributed by atoms with van der Waals surface area (Å²) in [5, 5.41) is 2.73. The second kappa shape index (κ2) is 12.5. The van der Waals surface area contributed by atoms with Crippen molar-refractivity contribution in [3.63, 3.8) is 0 Å². The molecule has 3 aromatic heterocycles. The van der Waals surface area contributed by atoms with Crippen LogP contribution in [0.4, 0.5) is 11.8 Å². The van der Waals surface area contributed by atoms with Crippen molar-refractivity contribution in [2.45, 2.75) is 32.8 Å². The molecule has 0 saturated carbocycles. The summed E-state index contributed by atoms with van der Waals surface area (Å²) in [5.41, 5.74) is 7.72. The molecule has 0 radical (unpaired) electrons. The van der Waals surface area contributed by atoms with E-state index in [-0.39, 0.29) is 23.8 Å². The Morgan fingerprint density at radius 3 is 2.71 bits per heavy atom. The molecule has 1 atom stereocenters. The molecule has 0 unspecified atom stereocenters. The number of nitrogen functional groups attached to an aromatic ring is 1. The van der Waals surface area contributed by atoms with Gasteiger partial charge in [0, 0.05) is 51.7 Å². The van der Waals surface area contributed by atoms with Gasteiger partial charge in [0.15, 0.2) is 11.6 Å². The molecular formula is C25H35N9O4. The maximum atomic E-state index is 12.5. The van der Waals surface area contributed by atoms with Crippen LogP contribution in [0.3, 0.4) is 0 Å². The number of carbonyl (C=O) groups is 1. The summed E-state index contributed by atoms with van der Waals surface area (Å²) in [4.78, 5) is 36.2. The van der Waals surface area contributed by atoms with Crippen LogP contribution in [0.2, 0.25) is 0 Å². The van der Waals surface area contributed by atoms with Crippen molar-refractivity contribution in [1.82, 2.24) is 34.8 Å². The molecule has 4 rings (SSSR count). The fourth-order valence-corrected chi connectivity index (χ4v) is 4.11. The summed E-state index contributed by atoms with van der Waals surface area (Å²) in [6.07, 6.45) is 6.78. The topological polar surface area (TPSA) is 155 Å². The molecule has 1 aliphatic rings. The molecule has 3 N–H and O–H groups in total. The predicted molar refractivity (Wildman–Crippen MR) is 141 cm³/mol. The van der Waals surface area contributed by atoms with E-state index in [0.717, 1.165) is 24.1 Å². The van der Waals surface area contributed by atoms with Crippen molar-refractivity contribution in [2.75, 3.05) is 50.6 Å². The molecule has 0 bridgehead atoms. The van der Waals surface area contributed by atoms with Crippen molar-refractivity contribution >= 4 is 17.7 Å². The number of piperidine rings is 1. The van der Waals surface area contributed by atoms with Crippen molar-refractivity contribution < 1.29 is 19.0 Å². The maximum absolute atomic E-state index is 12.5. The average Bonchev–Trinajstić information content (AvgIpc) is 3.34. The van der Waals surface area contributed by atoms with Crippen LogP contribution in [0.5, 0.6) is 11.8 Å². The molecule has 13 nitrogen and oxygen atoms in total. The third-order valence-electron chi connectivity index (χ3n) is 6.11. The molecule has 1 amide bonds. The Kier molecular flexibility index (Phi) is 8.89. The zero-order valence-corrected chi connectivity index (χ0v) is 22.3. The largest absolute Gasteiger partial charge is 0.489 e. The number of ether oxygens (including phenoxy) is 3. The quantitative estimate of drug-likeness (QED) is 0.376. The van der Waals surface area contributed by atoms with Crippen molar-refractivity contribution in [1.29, 1.82) is 0 Å². The normalized spacial score (nSPS) is 14.8. The van der Waals surface area contributed by atoms with E-state index in [2.05, 4.69) is 30.2 Å². The monoisotopic (exact) mass is 525 g/mol.